The van der Waals surface area contributed by atoms with Crippen LogP contribution in [0.3, 0.4) is 0 Å². The van der Waals surface area contributed by atoms with Crippen molar-refractivity contribution in [3.05, 3.63) is 23.8 Å². The molecule has 0 bridgehead atoms. The van der Waals surface area contributed by atoms with Crippen LogP contribution in [0.2, 0.25) is 0 Å². The van der Waals surface area contributed by atoms with Gasteiger partial charge in [0.05, 0.1) is 7.11 Å². The third-order valence-corrected chi connectivity index (χ3v) is 4.49. The van der Waals surface area contributed by atoms with Crippen molar-refractivity contribution in [3.63, 3.8) is 0 Å². The van der Waals surface area contributed by atoms with Gasteiger partial charge in [-0.1, -0.05) is 19.9 Å². The number of anilines is 1. The average molecular weight is 290 g/mol. The van der Waals surface area contributed by atoms with E-state index in [2.05, 4.69) is 56.1 Å². The summed E-state index contributed by atoms with van der Waals surface area (Å²) in [5.41, 5.74) is 2.64. The van der Waals surface area contributed by atoms with Crippen LogP contribution >= 0.6 is 0 Å². The molecule has 1 saturated heterocycles. The highest BCUT2D eigenvalue weighted by Gasteiger charge is 2.29. The molecule has 1 aliphatic heterocycles. The van der Waals surface area contributed by atoms with E-state index < -0.39 is 0 Å². The molecule has 3 atom stereocenters. The van der Waals surface area contributed by atoms with Gasteiger partial charge in [-0.15, -0.1) is 0 Å². The average Bonchev–Trinajstić information content (AvgIpc) is 2.82. The molecule has 0 radical (unpaired) electrons. The molecule has 1 aromatic carbocycles. The minimum atomic E-state index is 0.305. The molecule has 0 amide bonds. The van der Waals surface area contributed by atoms with Gasteiger partial charge >= 0.3 is 0 Å². The lowest BCUT2D eigenvalue weighted by atomic mass is 10.0. The third-order valence-electron chi connectivity index (χ3n) is 4.49. The smallest absolute Gasteiger partial charge is 0.125 e. The molecule has 1 aromatic rings. The third kappa shape index (κ3) is 3.52. The summed E-state index contributed by atoms with van der Waals surface area (Å²) >= 11 is 0. The molecule has 3 nitrogen and oxygen atoms in total. The first-order valence-corrected chi connectivity index (χ1v) is 8.25. The second kappa shape index (κ2) is 7.17. The van der Waals surface area contributed by atoms with Gasteiger partial charge in [0.1, 0.15) is 5.75 Å². The number of benzene rings is 1. The maximum absolute atomic E-state index is 5.64. The Kier molecular flexibility index (Phi) is 5.51. The lowest BCUT2D eigenvalue weighted by Crippen LogP contribution is -2.30. The zero-order chi connectivity index (χ0) is 15.4. The number of ether oxygens (including phenoxy) is 1. The van der Waals surface area contributed by atoms with E-state index in [4.69, 9.17) is 4.74 Å². The van der Waals surface area contributed by atoms with Crippen LogP contribution in [-0.4, -0.2) is 26.2 Å². The summed E-state index contributed by atoms with van der Waals surface area (Å²) in [6.07, 6.45) is 2.42. The number of rotatable bonds is 6. The number of hydrogen-bond donors (Lipinski definition) is 1. The molecule has 1 aliphatic rings. The predicted octanol–water partition coefficient (Wildman–Crippen LogP) is 3.99. The van der Waals surface area contributed by atoms with Crippen LogP contribution < -0.4 is 15.0 Å². The molecule has 3 heteroatoms. The van der Waals surface area contributed by atoms with E-state index in [9.17, 15) is 0 Å². The normalized spacial score (nSPS) is 23.4. The van der Waals surface area contributed by atoms with Gasteiger partial charge in [-0.05, 0) is 51.3 Å². The van der Waals surface area contributed by atoms with Crippen LogP contribution in [0.5, 0.6) is 5.75 Å². The Morgan fingerprint density at radius 1 is 1.38 bits per heavy atom. The Balaban J connectivity index is 2.36. The van der Waals surface area contributed by atoms with Crippen molar-refractivity contribution in [2.75, 3.05) is 25.1 Å². The van der Waals surface area contributed by atoms with E-state index in [1.54, 1.807) is 7.11 Å². The van der Waals surface area contributed by atoms with Crippen LogP contribution in [-0.2, 0) is 0 Å². The number of nitrogens with zero attached hydrogens (tertiary/aromatic N) is 1. The molecule has 21 heavy (non-hydrogen) atoms. The fraction of sp³-hybridized carbons (Fsp3) is 0.667. The van der Waals surface area contributed by atoms with Crippen molar-refractivity contribution in [1.29, 1.82) is 0 Å². The van der Waals surface area contributed by atoms with Crippen molar-refractivity contribution in [3.8, 4) is 5.75 Å². The van der Waals surface area contributed by atoms with Crippen molar-refractivity contribution in [2.24, 2.45) is 5.92 Å². The van der Waals surface area contributed by atoms with E-state index in [1.807, 2.05) is 0 Å². The Labute approximate surface area is 129 Å². The molecule has 0 saturated carbocycles. The summed E-state index contributed by atoms with van der Waals surface area (Å²) in [7, 11) is 1.77. The lowest BCUT2D eigenvalue weighted by molar-refractivity contribution is 0.401. The fourth-order valence-corrected chi connectivity index (χ4v) is 3.49. The Morgan fingerprint density at radius 2 is 2.14 bits per heavy atom. The maximum Gasteiger partial charge on any atom is 0.125 e. The molecule has 1 fully saturated rings. The van der Waals surface area contributed by atoms with Crippen LogP contribution in [0, 0.1) is 5.92 Å². The summed E-state index contributed by atoms with van der Waals surface area (Å²) in [6, 6.07) is 7.34. The number of hydrogen-bond acceptors (Lipinski definition) is 3. The molecule has 2 rings (SSSR count). The zero-order valence-corrected chi connectivity index (χ0v) is 14.1. The molecular formula is C18H30N2O. The minimum Gasteiger partial charge on any atom is -0.496 e. The standard InChI is InChI=1S/C18H30N2O/c1-6-10-19-15(4)18-16(8-7-9-17(18)21-5)20-12-13(2)11-14(20)3/h7-9,13-15,19H,6,10-12H2,1-5H3. The van der Waals surface area contributed by atoms with E-state index in [1.165, 1.54) is 17.7 Å². The van der Waals surface area contributed by atoms with Gasteiger partial charge in [0.2, 0.25) is 0 Å². The molecule has 0 aliphatic carbocycles. The molecule has 0 aromatic heterocycles. The van der Waals surface area contributed by atoms with E-state index >= 15 is 0 Å². The minimum absolute atomic E-state index is 0.305. The highest BCUT2D eigenvalue weighted by molar-refractivity contribution is 5.62. The Hall–Kier alpha value is -1.22. The molecule has 0 spiro atoms. The van der Waals surface area contributed by atoms with Crippen molar-refractivity contribution < 1.29 is 4.74 Å². The van der Waals surface area contributed by atoms with Gasteiger partial charge in [-0.3, -0.25) is 0 Å². The van der Waals surface area contributed by atoms with E-state index in [0.717, 1.165) is 31.2 Å². The first-order valence-electron chi connectivity index (χ1n) is 8.25. The SMILES string of the molecule is CCCNC(C)c1c(OC)cccc1N1CC(C)CC1C. The molecule has 1 N–H and O–H groups in total. The highest BCUT2D eigenvalue weighted by atomic mass is 16.5. The topological polar surface area (TPSA) is 24.5 Å². The summed E-state index contributed by atoms with van der Waals surface area (Å²) in [6.45, 7) is 11.3. The Bertz CT molecular complexity index is 461. The monoisotopic (exact) mass is 290 g/mol. The van der Waals surface area contributed by atoms with Crippen molar-refractivity contribution in [1.82, 2.24) is 5.32 Å². The summed E-state index contributed by atoms with van der Waals surface area (Å²) < 4.78 is 5.64. The quantitative estimate of drug-likeness (QED) is 0.857. The largest absolute Gasteiger partial charge is 0.496 e. The molecule has 118 valence electrons. The summed E-state index contributed by atoms with van der Waals surface area (Å²) in [5, 5.41) is 3.61. The summed E-state index contributed by atoms with van der Waals surface area (Å²) in [5.74, 6) is 1.76. The van der Waals surface area contributed by atoms with Crippen LogP contribution in [0.25, 0.3) is 0 Å². The summed E-state index contributed by atoms with van der Waals surface area (Å²) in [4.78, 5) is 2.55. The van der Waals surface area contributed by atoms with E-state index in [-0.39, 0.29) is 0 Å². The van der Waals surface area contributed by atoms with Gasteiger partial charge in [0.25, 0.3) is 0 Å². The van der Waals surface area contributed by atoms with Gasteiger partial charge in [0, 0.05) is 29.9 Å². The van der Waals surface area contributed by atoms with Gasteiger partial charge in [-0.2, -0.15) is 0 Å². The first kappa shape index (κ1) is 16.2. The van der Waals surface area contributed by atoms with Gasteiger partial charge < -0.3 is 15.0 Å². The van der Waals surface area contributed by atoms with Gasteiger partial charge in [-0.25, -0.2) is 0 Å². The number of nitrogens with one attached hydrogen (secondary N) is 1. The van der Waals surface area contributed by atoms with E-state index in [0.29, 0.717) is 12.1 Å². The first-order chi connectivity index (χ1) is 10.1. The van der Waals surface area contributed by atoms with Crippen LogP contribution in [0.15, 0.2) is 18.2 Å². The van der Waals surface area contributed by atoms with Crippen molar-refractivity contribution >= 4 is 5.69 Å². The zero-order valence-electron chi connectivity index (χ0n) is 14.1. The lowest BCUT2D eigenvalue weighted by Gasteiger charge is -2.30. The van der Waals surface area contributed by atoms with Crippen LogP contribution in [0.4, 0.5) is 5.69 Å². The van der Waals surface area contributed by atoms with Gasteiger partial charge in [0.15, 0.2) is 0 Å². The molecule has 3 unspecified atom stereocenters. The second-order valence-corrected chi connectivity index (χ2v) is 6.41. The van der Waals surface area contributed by atoms with Crippen LogP contribution in [0.1, 0.15) is 52.1 Å². The maximum atomic E-state index is 5.64. The molecular weight excluding hydrogens is 260 g/mol. The number of methoxy groups -OCH3 is 1. The van der Waals surface area contributed by atoms with Crippen molar-refractivity contribution in [2.45, 2.75) is 52.6 Å². The highest BCUT2D eigenvalue weighted by Crippen LogP contribution is 2.38. The predicted molar refractivity (Wildman–Crippen MR) is 90.3 cm³/mol. The Morgan fingerprint density at radius 3 is 2.71 bits per heavy atom. The second-order valence-electron chi connectivity index (χ2n) is 6.41. The molecule has 1 heterocycles. The fourth-order valence-electron chi connectivity index (χ4n) is 3.49.